The van der Waals surface area contributed by atoms with Crippen molar-refractivity contribution in [1.82, 2.24) is 10.2 Å². The monoisotopic (exact) mass is 450 g/mol. The fourth-order valence-corrected chi connectivity index (χ4v) is 5.00. The Hall–Kier alpha value is -3.35. The first-order valence-electron chi connectivity index (χ1n) is 11.5. The summed E-state index contributed by atoms with van der Waals surface area (Å²) in [5.41, 5.74) is 4.54. The van der Waals surface area contributed by atoms with E-state index in [-0.39, 0.29) is 36.8 Å². The Morgan fingerprint density at radius 3 is 2.24 bits per heavy atom. The van der Waals surface area contributed by atoms with Crippen LogP contribution in [0, 0.1) is 5.92 Å². The van der Waals surface area contributed by atoms with Crippen LogP contribution in [-0.4, -0.2) is 53.2 Å². The fraction of sp³-hybridized carbons (Fsp3) is 0.423. The van der Waals surface area contributed by atoms with Crippen molar-refractivity contribution < 1.29 is 24.2 Å². The molecule has 7 nitrogen and oxygen atoms in total. The van der Waals surface area contributed by atoms with Crippen LogP contribution in [0.2, 0.25) is 0 Å². The van der Waals surface area contributed by atoms with Crippen molar-refractivity contribution in [2.45, 2.75) is 51.1 Å². The van der Waals surface area contributed by atoms with E-state index < -0.39 is 18.1 Å². The van der Waals surface area contributed by atoms with Crippen LogP contribution in [0.15, 0.2) is 48.5 Å². The lowest BCUT2D eigenvalue weighted by molar-refractivity contribution is -0.140. The van der Waals surface area contributed by atoms with Gasteiger partial charge < -0.3 is 20.1 Å². The number of nitrogens with zero attached hydrogens (tertiary/aromatic N) is 1. The van der Waals surface area contributed by atoms with Gasteiger partial charge in [0.1, 0.15) is 12.6 Å². The first-order chi connectivity index (χ1) is 15.9. The number of hydrogen-bond acceptors (Lipinski definition) is 4. The van der Waals surface area contributed by atoms with E-state index in [0.29, 0.717) is 13.0 Å². The third-order valence-electron chi connectivity index (χ3n) is 6.62. The van der Waals surface area contributed by atoms with Crippen LogP contribution >= 0.6 is 0 Å². The molecule has 0 spiro atoms. The number of aliphatic carboxylic acids is 1. The number of ether oxygens (including phenoxy) is 1. The lowest BCUT2D eigenvalue weighted by Gasteiger charge is -2.30. The molecule has 0 saturated carbocycles. The van der Waals surface area contributed by atoms with Crippen LogP contribution in [0.25, 0.3) is 11.1 Å². The van der Waals surface area contributed by atoms with E-state index in [2.05, 4.69) is 29.6 Å². The van der Waals surface area contributed by atoms with E-state index in [1.54, 1.807) is 4.90 Å². The third kappa shape index (κ3) is 4.72. The molecule has 1 saturated heterocycles. The second-order valence-electron chi connectivity index (χ2n) is 9.12. The van der Waals surface area contributed by atoms with Crippen molar-refractivity contribution in [1.29, 1.82) is 0 Å². The molecule has 2 aromatic rings. The van der Waals surface area contributed by atoms with E-state index in [0.717, 1.165) is 28.7 Å². The number of carboxylic acids is 1. The van der Waals surface area contributed by atoms with Gasteiger partial charge >= 0.3 is 12.1 Å². The topological polar surface area (TPSA) is 95.9 Å². The molecule has 0 unspecified atom stereocenters. The number of fused-ring (bicyclic) bond motifs is 3. The number of hydrogen-bond donors (Lipinski definition) is 2. The molecule has 0 radical (unpaired) electrons. The number of carbonyl (C=O) groups is 3. The zero-order chi connectivity index (χ0) is 23.5. The van der Waals surface area contributed by atoms with Crippen molar-refractivity contribution >= 4 is 18.0 Å². The number of rotatable bonds is 7. The van der Waals surface area contributed by atoms with Gasteiger partial charge in [-0.2, -0.15) is 0 Å². The highest BCUT2D eigenvalue weighted by Gasteiger charge is 2.37. The third-order valence-corrected chi connectivity index (χ3v) is 6.62. The van der Waals surface area contributed by atoms with Gasteiger partial charge in [0.05, 0.1) is 6.42 Å². The van der Waals surface area contributed by atoms with Crippen molar-refractivity contribution in [3.05, 3.63) is 59.7 Å². The molecule has 33 heavy (non-hydrogen) atoms. The maximum absolute atomic E-state index is 13.2. The predicted molar refractivity (Wildman–Crippen MR) is 124 cm³/mol. The van der Waals surface area contributed by atoms with E-state index in [1.165, 1.54) is 0 Å². The Bertz CT molecular complexity index is 1000. The summed E-state index contributed by atoms with van der Waals surface area (Å²) in [5, 5.41) is 11.9. The number of benzene rings is 2. The Morgan fingerprint density at radius 2 is 1.67 bits per heavy atom. The van der Waals surface area contributed by atoms with Gasteiger partial charge in [0.25, 0.3) is 0 Å². The standard InChI is InChI=1S/C26H30N2O5/c1-16(2)24(25(31)28-13-7-8-17(28)14-23(29)30)27-26(32)33-15-22-20-11-5-3-9-18(20)19-10-4-6-12-21(19)22/h3-6,9-12,16-17,22,24H,7-8,13-15H2,1-2H3,(H,27,32)(H,29,30)/t17-,24-/m0/s1. The zero-order valence-corrected chi connectivity index (χ0v) is 19.0. The SMILES string of the molecule is CC(C)[C@H](NC(=O)OCC1c2ccccc2-c2ccccc21)C(=O)N1CCC[C@H]1CC(=O)O. The van der Waals surface area contributed by atoms with Gasteiger partial charge in [-0.15, -0.1) is 0 Å². The van der Waals surface area contributed by atoms with Crippen molar-refractivity contribution in [2.24, 2.45) is 5.92 Å². The first kappa shape index (κ1) is 22.8. The smallest absolute Gasteiger partial charge is 0.407 e. The van der Waals surface area contributed by atoms with Crippen molar-refractivity contribution in [2.75, 3.05) is 13.2 Å². The van der Waals surface area contributed by atoms with Gasteiger partial charge in [0.2, 0.25) is 5.91 Å². The van der Waals surface area contributed by atoms with E-state index in [4.69, 9.17) is 9.84 Å². The number of nitrogens with one attached hydrogen (secondary N) is 1. The number of likely N-dealkylation sites (tertiary alicyclic amines) is 1. The van der Waals surface area contributed by atoms with Crippen LogP contribution in [0.1, 0.15) is 50.2 Å². The summed E-state index contributed by atoms with van der Waals surface area (Å²) in [4.78, 5) is 38.6. The highest BCUT2D eigenvalue weighted by atomic mass is 16.5. The molecule has 1 fully saturated rings. The van der Waals surface area contributed by atoms with Crippen LogP contribution in [0.5, 0.6) is 0 Å². The van der Waals surface area contributed by atoms with Crippen molar-refractivity contribution in [3.63, 3.8) is 0 Å². The van der Waals surface area contributed by atoms with Gasteiger partial charge in [0, 0.05) is 18.5 Å². The zero-order valence-electron chi connectivity index (χ0n) is 19.0. The molecule has 1 heterocycles. The molecule has 1 aliphatic heterocycles. The van der Waals surface area contributed by atoms with Gasteiger partial charge in [0.15, 0.2) is 0 Å². The maximum atomic E-state index is 13.2. The molecule has 2 amide bonds. The number of alkyl carbamates (subject to hydrolysis) is 1. The minimum absolute atomic E-state index is 0.0603. The van der Waals surface area contributed by atoms with Crippen LogP contribution in [0.3, 0.4) is 0 Å². The fourth-order valence-electron chi connectivity index (χ4n) is 5.00. The maximum Gasteiger partial charge on any atom is 0.407 e. The number of carboxylic acid groups (broad SMARTS) is 1. The molecule has 2 aromatic carbocycles. The second-order valence-corrected chi connectivity index (χ2v) is 9.12. The number of carbonyl (C=O) groups excluding carboxylic acids is 2. The summed E-state index contributed by atoms with van der Waals surface area (Å²) < 4.78 is 5.61. The Balaban J connectivity index is 1.42. The van der Waals surface area contributed by atoms with Gasteiger partial charge in [-0.1, -0.05) is 62.4 Å². The summed E-state index contributed by atoms with van der Waals surface area (Å²) in [6.45, 7) is 4.39. The lowest BCUT2D eigenvalue weighted by Crippen LogP contribution is -2.52. The summed E-state index contributed by atoms with van der Waals surface area (Å²) in [6, 6.07) is 15.1. The van der Waals surface area contributed by atoms with Crippen LogP contribution in [-0.2, 0) is 14.3 Å². The van der Waals surface area contributed by atoms with Crippen LogP contribution in [0.4, 0.5) is 4.79 Å². The molecule has 174 valence electrons. The quantitative estimate of drug-likeness (QED) is 0.664. The van der Waals surface area contributed by atoms with Gasteiger partial charge in [-0.05, 0) is 41.0 Å². The molecule has 1 aliphatic carbocycles. The molecule has 2 atom stereocenters. The first-order valence-corrected chi connectivity index (χ1v) is 11.5. The molecule has 0 aromatic heterocycles. The summed E-state index contributed by atoms with van der Waals surface area (Å²) in [5.74, 6) is -1.40. The molecule has 4 rings (SSSR count). The van der Waals surface area contributed by atoms with Gasteiger partial charge in [-0.3, -0.25) is 9.59 Å². The summed E-state index contributed by atoms with van der Waals surface area (Å²) in [7, 11) is 0. The highest BCUT2D eigenvalue weighted by Crippen LogP contribution is 2.44. The predicted octanol–water partition coefficient (Wildman–Crippen LogP) is 4.02. The second kappa shape index (κ2) is 9.65. The summed E-state index contributed by atoms with van der Waals surface area (Å²) in [6.07, 6.45) is 0.701. The van der Waals surface area contributed by atoms with Crippen molar-refractivity contribution in [3.8, 4) is 11.1 Å². The summed E-state index contributed by atoms with van der Waals surface area (Å²) >= 11 is 0. The molecular formula is C26H30N2O5. The Kier molecular flexibility index (Phi) is 6.67. The van der Waals surface area contributed by atoms with Crippen LogP contribution < -0.4 is 5.32 Å². The average Bonchev–Trinajstić information content (AvgIpc) is 3.37. The molecule has 2 N–H and O–H groups in total. The number of amides is 2. The van der Waals surface area contributed by atoms with E-state index in [9.17, 15) is 14.4 Å². The average molecular weight is 451 g/mol. The molecule has 0 bridgehead atoms. The minimum atomic E-state index is -0.926. The molecule has 2 aliphatic rings. The minimum Gasteiger partial charge on any atom is -0.481 e. The van der Waals surface area contributed by atoms with E-state index in [1.807, 2.05) is 38.1 Å². The Labute approximate surface area is 193 Å². The lowest BCUT2D eigenvalue weighted by atomic mass is 9.98. The molecular weight excluding hydrogens is 420 g/mol. The van der Waals surface area contributed by atoms with E-state index >= 15 is 0 Å². The van der Waals surface area contributed by atoms with Gasteiger partial charge in [-0.25, -0.2) is 4.79 Å². The largest absolute Gasteiger partial charge is 0.481 e. The Morgan fingerprint density at radius 1 is 1.06 bits per heavy atom. The highest BCUT2D eigenvalue weighted by molar-refractivity contribution is 5.87. The normalized spacial score (nSPS) is 18.0. The molecule has 7 heteroatoms.